The molecule has 1 aliphatic carbocycles. The van der Waals surface area contributed by atoms with Gasteiger partial charge in [-0.25, -0.2) is 0 Å². The molecule has 0 amide bonds. The summed E-state index contributed by atoms with van der Waals surface area (Å²) < 4.78 is 0. The third-order valence-electron chi connectivity index (χ3n) is 5.90. The summed E-state index contributed by atoms with van der Waals surface area (Å²) in [6, 6.07) is 17.9. The van der Waals surface area contributed by atoms with Crippen LogP contribution in [0.2, 0.25) is 0 Å². The van der Waals surface area contributed by atoms with Crippen molar-refractivity contribution in [1.29, 1.82) is 5.41 Å². The van der Waals surface area contributed by atoms with E-state index < -0.39 is 0 Å². The maximum absolute atomic E-state index is 7.79. The highest BCUT2D eigenvalue weighted by atomic mass is 15.0. The minimum absolute atomic E-state index is 0.309. The van der Waals surface area contributed by atoms with Crippen LogP contribution >= 0.6 is 0 Å². The lowest BCUT2D eigenvalue weighted by Gasteiger charge is -2.27. The van der Waals surface area contributed by atoms with Gasteiger partial charge in [0.05, 0.1) is 0 Å². The predicted octanol–water partition coefficient (Wildman–Crippen LogP) is 5.50. The summed E-state index contributed by atoms with van der Waals surface area (Å²) in [6.45, 7) is 4.05. The van der Waals surface area contributed by atoms with Crippen molar-refractivity contribution in [3.8, 4) is 0 Å². The van der Waals surface area contributed by atoms with Gasteiger partial charge in [0, 0.05) is 47.1 Å². The Kier molecular flexibility index (Phi) is 5.54. The Balaban J connectivity index is 1.67. The number of H-pyrrole nitrogens is 1. The highest BCUT2D eigenvalue weighted by Gasteiger charge is 2.25. The van der Waals surface area contributed by atoms with E-state index in [2.05, 4.69) is 71.1 Å². The second kappa shape index (κ2) is 8.26. The quantitative estimate of drug-likeness (QED) is 0.423. The van der Waals surface area contributed by atoms with Gasteiger partial charge in [-0.2, -0.15) is 0 Å². The first-order valence-electron chi connectivity index (χ1n) is 10.5. The molecule has 0 spiro atoms. The molecule has 2 unspecified atom stereocenters. The van der Waals surface area contributed by atoms with Gasteiger partial charge < -0.3 is 21.0 Å². The van der Waals surface area contributed by atoms with Crippen LogP contribution in [0.5, 0.6) is 0 Å². The van der Waals surface area contributed by atoms with E-state index in [1.165, 1.54) is 34.1 Å². The molecule has 150 valence electrons. The molecule has 0 saturated heterocycles. The number of fused-ring (bicyclic) bond motifs is 3. The molecule has 0 aliphatic heterocycles. The molecule has 0 bridgehead atoms. The van der Waals surface area contributed by atoms with E-state index in [4.69, 9.17) is 5.41 Å². The van der Waals surface area contributed by atoms with Crippen LogP contribution in [0.15, 0.2) is 54.6 Å². The second-order valence-electron chi connectivity index (χ2n) is 8.01. The van der Waals surface area contributed by atoms with Crippen molar-refractivity contribution >= 4 is 22.3 Å². The molecule has 0 saturated carbocycles. The fraction of sp³-hybridized carbons (Fsp3) is 0.320. The lowest BCUT2D eigenvalue weighted by molar-refractivity contribution is 0.410. The summed E-state index contributed by atoms with van der Waals surface area (Å²) >= 11 is 0. The van der Waals surface area contributed by atoms with Crippen LogP contribution in [0.3, 0.4) is 0 Å². The Morgan fingerprint density at radius 3 is 2.72 bits per heavy atom. The lowest BCUT2D eigenvalue weighted by Crippen LogP contribution is -2.27. The fourth-order valence-electron chi connectivity index (χ4n) is 4.45. The zero-order valence-corrected chi connectivity index (χ0v) is 17.5. The van der Waals surface area contributed by atoms with Crippen molar-refractivity contribution < 1.29 is 0 Å². The van der Waals surface area contributed by atoms with E-state index in [0.29, 0.717) is 17.8 Å². The third-order valence-corrected chi connectivity index (χ3v) is 5.90. The number of aryl methyl sites for hydroxylation is 1. The van der Waals surface area contributed by atoms with Crippen LogP contribution in [0.4, 0.5) is 0 Å². The number of aromatic nitrogens is 1. The standard InChI is InChI=1S/C25H30N4/c1-16(26)14-24(27-3)19-12-13-22-21(15-19)20-10-7-11-23(25(20)29-22)28-17(2)18-8-5-4-6-9-18/h4-6,8-9,12-15,17,23,26-29H,7,10-11H2,1-3H3/b24-14-,26-16?. The smallest absolute Gasteiger partial charge is 0.0480 e. The van der Waals surface area contributed by atoms with Gasteiger partial charge in [-0.05, 0) is 68.0 Å². The summed E-state index contributed by atoms with van der Waals surface area (Å²) in [6.07, 6.45) is 5.33. The van der Waals surface area contributed by atoms with Crippen molar-refractivity contribution in [2.45, 2.75) is 45.2 Å². The van der Waals surface area contributed by atoms with Crippen LogP contribution in [-0.4, -0.2) is 17.7 Å². The van der Waals surface area contributed by atoms with Crippen LogP contribution in [0.1, 0.15) is 61.2 Å². The summed E-state index contributed by atoms with van der Waals surface area (Å²) in [5.41, 5.74) is 7.95. The Hall–Kier alpha value is -2.85. The molecule has 0 radical (unpaired) electrons. The Morgan fingerprint density at radius 1 is 1.21 bits per heavy atom. The Bertz CT molecular complexity index is 1050. The summed E-state index contributed by atoms with van der Waals surface area (Å²) in [7, 11) is 1.91. The van der Waals surface area contributed by atoms with E-state index in [9.17, 15) is 0 Å². The molecule has 1 aromatic heterocycles. The largest absolute Gasteiger partial charge is 0.388 e. The normalized spacial score (nSPS) is 17.8. The minimum Gasteiger partial charge on any atom is -0.388 e. The summed E-state index contributed by atoms with van der Waals surface area (Å²) in [4.78, 5) is 3.70. The molecule has 29 heavy (non-hydrogen) atoms. The van der Waals surface area contributed by atoms with Gasteiger partial charge in [0.25, 0.3) is 0 Å². The van der Waals surface area contributed by atoms with Gasteiger partial charge in [0.2, 0.25) is 0 Å². The first-order valence-corrected chi connectivity index (χ1v) is 10.5. The molecule has 4 rings (SSSR count). The van der Waals surface area contributed by atoms with Crippen LogP contribution in [-0.2, 0) is 6.42 Å². The molecular formula is C25H30N4. The maximum atomic E-state index is 7.79. The topological polar surface area (TPSA) is 63.7 Å². The van der Waals surface area contributed by atoms with Crippen molar-refractivity contribution in [3.63, 3.8) is 0 Å². The van der Waals surface area contributed by atoms with E-state index in [1.54, 1.807) is 6.92 Å². The molecule has 1 heterocycles. The van der Waals surface area contributed by atoms with E-state index in [0.717, 1.165) is 24.1 Å². The molecule has 2 aromatic carbocycles. The Morgan fingerprint density at radius 2 is 2.00 bits per heavy atom. The number of rotatable bonds is 6. The molecule has 4 N–H and O–H groups in total. The highest BCUT2D eigenvalue weighted by molar-refractivity contribution is 5.98. The van der Waals surface area contributed by atoms with Gasteiger partial charge in [-0.15, -0.1) is 0 Å². The van der Waals surface area contributed by atoms with Crippen molar-refractivity contribution in [1.82, 2.24) is 15.6 Å². The van der Waals surface area contributed by atoms with Gasteiger partial charge >= 0.3 is 0 Å². The molecule has 0 fully saturated rings. The second-order valence-corrected chi connectivity index (χ2v) is 8.01. The van der Waals surface area contributed by atoms with Gasteiger partial charge in [-0.3, -0.25) is 0 Å². The van der Waals surface area contributed by atoms with Crippen molar-refractivity contribution in [2.75, 3.05) is 7.05 Å². The van der Waals surface area contributed by atoms with Crippen LogP contribution in [0, 0.1) is 5.41 Å². The minimum atomic E-state index is 0.309. The summed E-state index contributed by atoms with van der Waals surface area (Å²) in [5, 5.41) is 16.2. The van der Waals surface area contributed by atoms with Crippen molar-refractivity contribution in [2.24, 2.45) is 0 Å². The Labute approximate surface area is 172 Å². The number of benzene rings is 2. The zero-order valence-electron chi connectivity index (χ0n) is 17.5. The molecule has 4 heteroatoms. The maximum Gasteiger partial charge on any atom is 0.0480 e. The molecule has 3 aromatic rings. The van der Waals surface area contributed by atoms with Gasteiger partial charge in [0.1, 0.15) is 0 Å². The highest BCUT2D eigenvalue weighted by Crippen LogP contribution is 2.36. The molecule has 1 aliphatic rings. The van der Waals surface area contributed by atoms with Crippen LogP contribution in [0.25, 0.3) is 16.6 Å². The first kappa shape index (κ1) is 19.5. The monoisotopic (exact) mass is 386 g/mol. The first-order chi connectivity index (χ1) is 14.1. The number of aromatic amines is 1. The number of nitrogens with one attached hydrogen (secondary N) is 4. The average molecular weight is 387 g/mol. The molecule has 4 nitrogen and oxygen atoms in total. The van der Waals surface area contributed by atoms with Gasteiger partial charge in [0.15, 0.2) is 0 Å². The molecular weight excluding hydrogens is 356 g/mol. The number of allylic oxidation sites excluding steroid dienone is 1. The lowest BCUT2D eigenvalue weighted by atomic mass is 9.90. The number of hydrogen-bond donors (Lipinski definition) is 4. The van der Waals surface area contributed by atoms with Crippen LogP contribution < -0.4 is 10.6 Å². The predicted molar refractivity (Wildman–Crippen MR) is 122 cm³/mol. The third kappa shape index (κ3) is 3.99. The van der Waals surface area contributed by atoms with Gasteiger partial charge in [-0.1, -0.05) is 36.4 Å². The summed E-state index contributed by atoms with van der Waals surface area (Å²) in [5.74, 6) is 0. The van der Waals surface area contributed by atoms with E-state index >= 15 is 0 Å². The average Bonchev–Trinajstić information content (AvgIpc) is 3.11. The SMILES string of the molecule is CN/C(=C\C(C)=N)c1ccc2[nH]c3c(c2c1)CCCC3NC(C)c1ccccc1. The zero-order chi connectivity index (χ0) is 20.4. The molecule has 2 atom stereocenters. The van der Waals surface area contributed by atoms with E-state index in [1.807, 2.05) is 13.1 Å². The number of hydrogen-bond acceptors (Lipinski definition) is 3. The van der Waals surface area contributed by atoms with Crippen molar-refractivity contribution in [3.05, 3.63) is 77.0 Å². The van der Waals surface area contributed by atoms with E-state index in [-0.39, 0.29) is 0 Å². The fourth-order valence-corrected chi connectivity index (χ4v) is 4.45.